The molecule has 1 saturated heterocycles. The molecule has 1 saturated carbocycles. The summed E-state index contributed by atoms with van der Waals surface area (Å²) in [6.45, 7) is 7.14. The average molecular weight is 270 g/mol. The Bertz CT molecular complexity index is 251. The van der Waals surface area contributed by atoms with Crippen molar-refractivity contribution in [2.24, 2.45) is 17.1 Å². The zero-order valence-electron chi connectivity index (χ0n) is 12.2. The van der Waals surface area contributed by atoms with Crippen LogP contribution >= 0.6 is 11.8 Å². The lowest BCUT2D eigenvalue weighted by atomic mass is 9.69. The maximum atomic E-state index is 6.14. The van der Waals surface area contributed by atoms with Gasteiger partial charge in [0.05, 0.1) is 0 Å². The molecule has 1 heterocycles. The summed E-state index contributed by atoms with van der Waals surface area (Å²) >= 11 is 2.05. The second-order valence-corrected chi connectivity index (χ2v) is 7.75. The van der Waals surface area contributed by atoms with E-state index in [-0.39, 0.29) is 0 Å². The highest BCUT2D eigenvalue weighted by Crippen LogP contribution is 2.39. The van der Waals surface area contributed by atoms with Crippen molar-refractivity contribution in [3.05, 3.63) is 0 Å². The van der Waals surface area contributed by atoms with Crippen LogP contribution < -0.4 is 5.73 Å². The number of rotatable bonds is 4. The molecule has 2 N–H and O–H groups in total. The molecule has 0 aromatic rings. The molecule has 2 rings (SSSR count). The van der Waals surface area contributed by atoms with Crippen LogP contribution in [0.1, 0.15) is 45.4 Å². The smallest absolute Gasteiger partial charge is 0.00685 e. The fourth-order valence-electron chi connectivity index (χ4n) is 3.94. The molecule has 2 fully saturated rings. The maximum absolute atomic E-state index is 6.14. The second kappa shape index (κ2) is 6.62. The van der Waals surface area contributed by atoms with Gasteiger partial charge in [0.2, 0.25) is 0 Å². The molecule has 2 aliphatic rings. The van der Waals surface area contributed by atoms with Crippen LogP contribution in [0.3, 0.4) is 0 Å². The van der Waals surface area contributed by atoms with Crippen molar-refractivity contribution in [1.29, 1.82) is 0 Å². The number of hydrogen-bond donors (Lipinski definition) is 1. The molecule has 2 unspecified atom stereocenters. The SMILES string of the molecule is CSC1CCN(CC2(CN)CCCC(C)C2)CC1. The second-order valence-electron chi connectivity index (χ2n) is 6.62. The van der Waals surface area contributed by atoms with Crippen molar-refractivity contribution in [3.8, 4) is 0 Å². The first kappa shape index (κ1) is 14.7. The Hall–Kier alpha value is 0.270. The summed E-state index contributed by atoms with van der Waals surface area (Å²) in [5.74, 6) is 0.881. The molecule has 0 aromatic carbocycles. The molecule has 0 radical (unpaired) electrons. The summed E-state index contributed by atoms with van der Waals surface area (Å²) in [7, 11) is 0. The van der Waals surface area contributed by atoms with Gasteiger partial charge < -0.3 is 10.6 Å². The Labute approximate surface area is 117 Å². The van der Waals surface area contributed by atoms with E-state index >= 15 is 0 Å². The molecule has 106 valence electrons. The Kier molecular flexibility index (Phi) is 5.40. The van der Waals surface area contributed by atoms with Crippen molar-refractivity contribution in [2.45, 2.75) is 50.7 Å². The lowest BCUT2D eigenvalue weighted by molar-refractivity contribution is 0.0789. The zero-order valence-corrected chi connectivity index (χ0v) is 13.0. The molecule has 3 heteroatoms. The van der Waals surface area contributed by atoms with Crippen LogP contribution in [0.4, 0.5) is 0 Å². The predicted octanol–water partition coefficient (Wildman–Crippen LogP) is 2.97. The quantitative estimate of drug-likeness (QED) is 0.851. The zero-order chi connectivity index (χ0) is 13.0. The topological polar surface area (TPSA) is 29.3 Å². The molecule has 2 atom stereocenters. The van der Waals surface area contributed by atoms with Crippen LogP contribution in [0.5, 0.6) is 0 Å². The largest absolute Gasteiger partial charge is 0.330 e. The summed E-state index contributed by atoms with van der Waals surface area (Å²) in [5, 5.41) is 0.903. The van der Waals surface area contributed by atoms with Crippen LogP contribution in [0, 0.1) is 11.3 Å². The van der Waals surface area contributed by atoms with Crippen LogP contribution in [0.2, 0.25) is 0 Å². The fourth-order valence-corrected chi connectivity index (χ4v) is 4.62. The van der Waals surface area contributed by atoms with Crippen molar-refractivity contribution < 1.29 is 0 Å². The van der Waals surface area contributed by atoms with Crippen LogP contribution in [0.25, 0.3) is 0 Å². The van der Waals surface area contributed by atoms with Gasteiger partial charge in [-0.1, -0.05) is 19.8 Å². The maximum Gasteiger partial charge on any atom is 0.00685 e. The van der Waals surface area contributed by atoms with E-state index in [0.717, 1.165) is 17.7 Å². The minimum Gasteiger partial charge on any atom is -0.330 e. The van der Waals surface area contributed by atoms with Crippen molar-refractivity contribution in [3.63, 3.8) is 0 Å². The summed E-state index contributed by atoms with van der Waals surface area (Å²) in [6.07, 6.45) is 10.5. The summed E-state index contributed by atoms with van der Waals surface area (Å²) < 4.78 is 0. The molecule has 1 aliphatic carbocycles. The first-order valence-corrected chi connectivity index (χ1v) is 8.91. The van der Waals surface area contributed by atoms with E-state index in [2.05, 4.69) is 18.1 Å². The highest BCUT2D eigenvalue weighted by molar-refractivity contribution is 7.99. The highest BCUT2D eigenvalue weighted by Gasteiger charge is 2.36. The number of nitrogens with zero attached hydrogens (tertiary/aromatic N) is 1. The lowest BCUT2D eigenvalue weighted by Crippen LogP contribution is -2.47. The molecule has 0 aromatic heterocycles. The van der Waals surface area contributed by atoms with Gasteiger partial charge in [-0.15, -0.1) is 0 Å². The van der Waals surface area contributed by atoms with Gasteiger partial charge in [-0.05, 0) is 62.9 Å². The summed E-state index contributed by atoms with van der Waals surface area (Å²) in [6, 6.07) is 0. The first-order valence-electron chi connectivity index (χ1n) is 7.63. The van der Waals surface area contributed by atoms with E-state index in [1.165, 1.54) is 58.2 Å². The Balaban J connectivity index is 1.86. The van der Waals surface area contributed by atoms with Gasteiger partial charge in [0.1, 0.15) is 0 Å². The van der Waals surface area contributed by atoms with Crippen molar-refractivity contribution in [2.75, 3.05) is 32.4 Å². The number of nitrogens with two attached hydrogens (primary N) is 1. The third-order valence-electron chi connectivity index (χ3n) is 5.05. The monoisotopic (exact) mass is 270 g/mol. The van der Waals surface area contributed by atoms with Crippen molar-refractivity contribution in [1.82, 2.24) is 4.90 Å². The van der Waals surface area contributed by atoms with Gasteiger partial charge in [0.15, 0.2) is 0 Å². The molecular weight excluding hydrogens is 240 g/mol. The van der Waals surface area contributed by atoms with E-state index in [1.54, 1.807) is 0 Å². The van der Waals surface area contributed by atoms with Gasteiger partial charge in [0, 0.05) is 11.8 Å². The standard InChI is InChI=1S/C15H30N2S/c1-13-4-3-7-15(10-13,11-16)12-17-8-5-14(18-2)6-9-17/h13-14H,3-12,16H2,1-2H3. The van der Waals surface area contributed by atoms with Gasteiger partial charge in [-0.3, -0.25) is 0 Å². The molecule has 1 aliphatic heterocycles. The third kappa shape index (κ3) is 3.64. The third-order valence-corrected chi connectivity index (χ3v) is 6.18. The summed E-state index contributed by atoms with van der Waals surface area (Å²) in [4.78, 5) is 2.69. The van der Waals surface area contributed by atoms with Gasteiger partial charge in [0.25, 0.3) is 0 Å². The van der Waals surface area contributed by atoms with Gasteiger partial charge in [-0.25, -0.2) is 0 Å². The normalized spacial score (nSPS) is 35.8. The van der Waals surface area contributed by atoms with E-state index in [4.69, 9.17) is 5.73 Å². The summed E-state index contributed by atoms with van der Waals surface area (Å²) in [5.41, 5.74) is 6.57. The molecule has 18 heavy (non-hydrogen) atoms. The minimum absolute atomic E-state index is 0.434. The average Bonchev–Trinajstić information content (AvgIpc) is 2.39. The minimum atomic E-state index is 0.434. The number of hydrogen-bond acceptors (Lipinski definition) is 3. The molecule has 0 spiro atoms. The Morgan fingerprint density at radius 1 is 1.28 bits per heavy atom. The van der Waals surface area contributed by atoms with Crippen molar-refractivity contribution >= 4 is 11.8 Å². The Morgan fingerprint density at radius 3 is 2.56 bits per heavy atom. The lowest BCUT2D eigenvalue weighted by Gasteiger charge is -2.44. The highest BCUT2D eigenvalue weighted by atomic mass is 32.2. The Morgan fingerprint density at radius 2 is 2.00 bits per heavy atom. The van der Waals surface area contributed by atoms with Crippen LogP contribution in [-0.2, 0) is 0 Å². The van der Waals surface area contributed by atoms with E-state index < -0.39 is 0 Å². The predicted molar refractivity (Wildman–Crippen MR) is 82.1 cm³/mol. The number of thioether (sulfide) groups is 1. The molecule has 0 bridgehead atoms. The van der Waals surface area contributed by atoms with Crippen LogP contribution in [0.15, 0.2) is 0 Å². The van der Waals surface area contributed by atoms with E-state index in [1.807, 2.05) is 11.8 Å². The van der Waals surface area contributed by atoms with Gasteiger partial charge >= 0.3 is 0 Å². The molecule has 2 nitrogen and oxygen atoms in total. The molecular formula is C15H30N2S. The fraction of sp³-hybridized carbons (Fsp3) is 1.00. The van der Waals surface area contributed by atoms with E-state index in [0.29, 0.717) is 5.41 Å². The number of likely N-dealkylation sites (tertiary alicyclic amines) is 1. The number of piperidine rings is 1. The van der Waals surface area contributed by atoms with Crippen LogP contribution in [-0.4, -0.2) is 42.6 Å². The first-order chi connectivity index (χ1) is 8.67. The molecule has 0 amide bonds. The van der Waals surface area contributed by atoms with Gasteiger partial charge in [-0.2, -0.15) is 11.8 Å². The van der Waals surface area contributed by atoms with E-state index in [9.17, 15) is 0 Å².